The number of nitrogens with one attached hydrogen (secondary N) is 1. The van der Waals surface area contributed by atoms with Crippen LogP contribution in [0.15, 0.2) is 41.8 Å². The van der Waals surface area contributed by atoms with Crippen LogP contribution in [0.1, 0.15) is 49.1 Å². The number of urea groups is 1. The Bertz CT molecular complexity index is 1020. The molecule has 32 heavy (non-hydrogen) atoms. The summed E-state index contributed by atoms with van der Waals surface area (Å²) in [5.74, 6) is -2.71. The van der Waals surface area contributed by atoms with Gasteiger partial charge in [0, 0.05) is 10.9 Å². The van der Waals surface area contributed by atoms with Crippen molar-refractivity contribution in [3.05, 3.63) is 58.0 Å². The van der Waals surface area contributed by atoms with Crippen molar-refractivity contribution >= 4 is 35.1 Å². The lowest BCUT2D eigenvalue weighted by atomic mass is 9.85. The Kier molecular flexibility index (Phi) is 6.36. The third-order valence-electron chi connectivity index (χ3n) is 6.12. The third-order valence-corrected chi connectivity index (χ3v) is 7.06. The van der Waals surface area contributed by atoms with E-state index in [2.05, 4.69) is 5.32 Å². The van der Waals surface area contributed by atoms with E-state index in [1.54, 1.807) is 12.1 Å². The van der Waals surface area contributed by atoms with Gasteiger partial charge in [0.25, 0.3) is 0 Å². The van der Waals surface area contributed by atoms with Gasteiger partial charge in [0.2, 0.25) is 5.91 Å². The van der Waals surface area contributed by atoms with E-state index < -0.39 is 42.2 Å². The Balaban J connectivity index is 1.49. The highest BCUT2D eigenvalue weighted by atomic mass is 32.1. The van der Waals surface area contributed by atoms with Gasteiger partial charge in [0.1, 0.15) is 12.4 Å². The van der Waals surface area contributed by atoms with Crippen molar-refractivity contribution < 1.29 is 23.6 Å². The molecule has 3 atom stereocenters. The van der Waals surface area contributed by atoms with Gasteiger partial charge in [-0.05, 0) is 47.9 Å². The Morgan fingerprint density at radius 2 is 1.84 bits per heavy atom. The van der Waals surface area contributed by atoms with Crippen LogP contribution in [0.2, 0.25) is 0 Å². The predicted molar refractivity (Wildman–Crippen MR) is 116 cm³/mol. The van der Waals surface area contributed by atoms with Crippen LogP contribution in [-0.2, 0) is 14.4 Å². The summed E-state index contributed by atoms with van der Waals surface area (Å²) in [6.45, 7) is 1.42. The highest BCUT2D eigenvalue weighted by Gasteiger charge is 2.49. The van der Waals surface area contributed by atoms with Gasteiger partial charge >= 0.3 is 17.8 Å². The number of amides is 5. The number of hydrogen-bond donors (Lipinski definition) is 1. The predicted octanol–water partition coefficient (Wildman–Crippen LogP) is 3.46. The van der Waals surface area contributed by atoms with Crippen LogP contribution in [0.3, 0.4) is 0 Å². The largest absolute Gasteiger partial charge is 0.343 e. The highest BCUT2D eigenvalue weighted by Crippen LogP contribution is 2.31. The van der Waals surface area contributed by atoms with E-state index in [4.69, 9.17) is 0 Å². The molecule has 1 aliphatic carbocycles. The minimum Gasteiger partial charge on any atom is -0.343 e. The molecule has 2 aliphatic rings. The highest BCUT2D eigenvalue weighted by molar-refractivity contribution is 7.10. The fourth-order valence-electron chi connectivity index (χ4n) is 4.41. The summed E-state index contributed by atoms with van der Waals surface area (Å²) < 4.78 is 13.4. The zero-order valence-corrected chi connectivity index (χ0v) is 18.4. The van der Waals surface area contributed by atoms with Crippen molar-refractivity contribution in [3.8, 4) is 0 Å². The van der Waals surface area contributed by atoms with Crippen LogP contribution in [0.5, 0.6) is 0 Å². The van der Waals surface area contributed by atoms with Crippen molar-refractivity contribution in [2.24, 2.45) is 5.92 Å². The summed E-state index contributed by atoms with van der Waals surface area (Å²) in [5.41, 5.74) is 0.662. The Hall–Kier alpha value is -3.07. The zero-order valence-electron chi connectivity index (χ0n) is 17.6. The molecule has 1 aliphatic heterocycles. The topological polar surface area (TPSA) is 86.8 Å². The molecule has 2 heterocycles. The fraction of sp³-hybridized carbons (Fsp3) is 0.391. The SMILES string of the molecule is CC1CCCCC1N1C(=O)C(=O)N(CC(=O)NC(c2ccc(F)cc2)c2cccs2)C1=O. The Morgan fingerprint density at radius 3 is 2.50 bits per heavy atom. The molecule has 2 aromatic rings. The molecule has 7 nitrogen and oxygen atoms in total. The number of hydrogen-bond acceptors (Lipinski definition) is 5. The van der Waals surface area contributed by atoms with Gasteiger partial charge < -0.3 is 5.32 Å². The second-order valence-corrected chi connectivity index (χ2v) is 9.22. The van der Waals surface area contributed by atoms with Gasteiger partial charge in [-0.15, -0.1) is 11.3 Å². The second kappa shape index (κ2) is 9.20. The summed E-state index contributed by atoms with van der Waals surface area (Å²) in [4.78, 5) is 53.4. The van der Waals surface area contributed by atoms with Crippen molar-refractivity contribution in [2.75, 3.05) is 6.54 Å². The first-order valence-corrected chi connectivity index (χ1v) is 11.5. The van der Waals surface area contributed by atoms with Crippen LogP contribution < -0.4 is 5.32 Å². The summed E-state index contributed by atoms with van der Waals surface area (Å²) >= 11 is 1.42. The number of nitrogens with zero attached hydrogens (tertiary/aromatic N) is 2. The number of imide groups is 2. The quantitative estimate of drug-likeness (QED) is 0.532. The van der Waals surface area contributed by atoms with Crippen molar-refractivity contribution in [3.63, 3.8) is 0 Å². The Morgan fingerprint density at radius 1 is 1.12 bits per heavy atom. The van der Waals surface area contributed by atoms with Crippen LogP contribution in [-0.4, -0.2) is 46.1 Å². The third kappa shape index (κ3) is 4.29. The number of halogens is 1. The molecule has 0 radical (unpaired) electrons. The lowest BCUT2D eigenvalue weighted by Crippen LogP contribution is -2.47. The minimum absolute atomic E-state index is 0.111. The summed E-state index contributed by atoms with van der Waals surface area (Å²) in [5, 5.41) is 4.67. The summed E-state index contributed by atoms with van der Waals surface area (Å²) in [6, 6.07) is 7.79. The number of carbonyl (C=O) groups is 4. The van der Waals surface area contributed by atoms with Gasteiger partial charge in [0.05, 0.1) is 6.04 Å². The van der Waals surface area contributed by atoms with E-state index in [0.717, 1.165) is 33.9 Å². The monoisotopic (exact) mass is 457 g/mol. The summed E-state index contributed by atoms with van der Waals surface area (Å²) in [7, 11) is 0. The van der Waals surface area contributed by atoms with Gasteiger partial charge in [-0.3, -0.25) is 19.3 Å². The average Bonchev–Trinajstić information content (AvgIpc) is 3.38. The number of thiophene rings is 1. The van der Waals surface area contributed by atoms with Crippen LogP contribution in [0, 0.1) is 11.7 Å². The average molecular weight is 458 g/mol. The van der Waals surface area contributed by atoms with E-state index >= 15 is 0 Å². The van der Waals surface area contributed by atoms with Gasteiger partial charge in [-0.2, -0.15) is 0 Å². The Labute approximate surface area is 189 Å². The van der Waals surface area contributed by atoms with E-state index in [1.165, 1.54) is 23.5 Å². The fourth-order valence-corrected chi connectivity index (χ4v) is 5.22. The molecule has 1 N–H and O–H groups in total. The first kappa shape index (κ1) is 22.1. The number of benzene rings is 1. The van der Waals surface area contributed by atoms with Crippen LogP contribution in [0.4, 0.5) is 9.18 Å². The number of rotatable bonds is 6. The second-order valence-electron chi connectivity index (χ2n) is 8.25. The van der Waals surface area contributed by atoms with Crippen LogP contribution >= 0.6 is 11.3 Å². The molecule has 1 saturated heterocycles. The molecule has 3 unspecified atom stereocenters. The number of carbonyl (C=O) groups excluding carboxylic acids is 4. The van der Waals surface area contributed by atoms with Crippen molar-refractivity contribution in [1.82, 2.24) is 15.1 Å². The maximum Gasteiger partial charge on any atom is 0.334 e. The first-order valence-electron chi connectivity index (χ1n) is 10.6. The standard InChI is InChI=1S/C23H24FN3O4S/c1-14-5-2-3-6-17(14)27-22(30)21(29)26(23(27)31)13-19(28)25-20(18-7-4-12-32-18)15-8-10-16(24)11-9-15/h4,7-12,14,17,20H,2-3,5-6,13H2,1H3,(H,25,28). The molecule has 5 amide bonds. The molecular weight excluding hydrogens is 433 g/mol. The molecule has 168 valence electrons. The molecule has 1 aromatic heterocycles. The molecule has 2 fully saturated rings. The lowest BCUT2D eigenvalue weighted by molar-refractivity contribution is -0.145. The summed E-state index contributed by atoms with van der Waals surface area (Å²) in [6.07, 6.45) is 3.47. The zero-order chi connectivity index (χ0) is 22.8. The van der Waals surface area contributed by atoms with E-state index in [9.17, 15) is 23.6 Å². The minimum atomic E-state index is -0.975. The van der Waals surface area contributed by atoms with Crippen molar-refractivity contribution in [2.45, 2.75) is 44.7 Å². The molecule has 1 aromatic carbocycles. The van der Waals surface area contributed by atoms with Gasteiger partial charge in [-0.1, -0.05) is 38.0 Å². The van der Waals surface area contributed by atoms with E-state index in [0.29, 0.717) is 12.0 Å². The van der Waals surface area contributed by atoms with Gasteiger partial charge in [0.15, 0.2) is 0 Å². The molecule has 0 bridgehead atoms. The van der Waals surface area contributed by atoms with Gasteiger partial charge in [-0.25, -0.2) is 14.1 Å². The maximum atomic E-state index is 13.4. The molecule has 9 heteroatoms. The van der Waals surface area contributed by atoms with E-state index in [-0.39, 0.29) is 12.0 Å². The lowest BCUT2D eigenvalue weighted by Gasteiger charge is -2.34. The molecular formula is C23H24FN3O4S. The first-order chi connectivity index (χ1) is 15.4. The smallest absolute Gasteiger partial charge is 0.334 e. The maximum absolute atomic E-state index is 13.4. The normalized spacial score (nSPS) is 22.4. The van der Waals surface area contributed by atoms with Crippen LogP contribution in [0.25, 0.3) is 0 Å². The molecule has 0 spiro atoms. The molecule has 4 rings (SSSR count). The van der Waals surface area contributed by atoms with E-state index in [1.807, 2.05) is 24.4 Å². The molecule has 1 saturated carbocycles. The van der Waals surface area contributed by atoms with Crippen molar-refractivity contribution in [1.29, 1.82) is 0 Å².